The molecule has 0 saturated carbocycles. The quantitative estimate of drug-likeness (QED) is 0.295. The molecule has 1 unspecified atom stereocenters. The molecule has 0 bridgehead atoms. The Morgan fingerprint density at radius 3 is 2.59 bits per heavy atom. The van der Waals surface area contributed by atoms with E-state index in [9.17, 15) is 14.9 Å². The molecule has 2 aromatic carbocycles. The second-order valence-electron chi connectivity index (χ2n) is 7.54. The molecule has 0 aliphatic rings. The number of carbonyl (C=O) groups is 1. The standard InChI is InChI=1S/C22H22BrClN4O4/c1-12-7-16(24)5-6-20(12)32-19-9-17(8-18(10-19)28(30)31)25-22(29)13(2)11-27-15(4)21(23)14(3)26-27/h5-10,13H,11H2,1-4H3,(H,25,29). The molecule has 0 aliphatic heterocycles. The number of non-ortho nitro benzene ring substituents is 1. The fourth-order valence-corrected chi connectivity index (χ4v) is 3.65. The Kier molecular flexibility index (Phi) is 7.20. The highest BCUT2D eigenvalue weighted by atomic mass is 79.9. The molecule has 1 atom stereocenters. The summed E-state index contributed by atoms with van der Waals surface area (Å²) >= 11 is 9.45. The molecule has 32 heavy (non-hydrogen) atoms. The van der Waals surface area contributed by atoms with Crippen molar-refractivity contribution in [3.8, 4) is 11.5 Å². The number of aromatic nitrogens is 2. The first-order valence-electron chi connectivity index (χ1n) is 9.79. The normalized spacial score (nSPS) is 11.8. The van der Waals surface area contributed by atoms with E-state index >= 15 is 0 Å². The van der Waals surface area contributed by atoms with Crippen LogP contribution in [0.1, 0.15) is 23.9 Å². The van der Waals surface area contributed by atoms with Gasteiger partial charge in [-0.1, -0.05) is 18.5 Å². The lowest BCUT2D eigenvalue weighted by atomic mass is 10.1. The SMILES string of the molecule is Cc1cc(Cl)ccc1Oc1cc(NC(=O)C(C)Cn2nc(C)c(Br)c2C)cc([N+](=O)[O-])c1. The van der Waals surface area contributed by atoms with E-state index in [1.807, 2.05) is 20.8 Å². The summed E-state index contributed by atoms with van der Waals surface area (Å²) in [7, 11) is 0. The van der Waals surface area contributed by atoms with Crippen LogP contribution in [0.2, 0.25) is 5.02 Å². The highest BCUT2D eigenvalue weighted by molar-refractivity contribution is 9.10. The number of benzene rings is 2. The Hall–Kier alpha value is -2.91. The van der Waals surface area contributed by atoms with Gasteiger partial charge in [-0.3, -0.25) is 19.6 Å². The van der Waals surface area contributed by atoms with Crippen LogP contribution in [0.4, 0.5) is 11.4 Å². The third-order valence-corrected chi connectivity index (χ3v) is 6.30. The van der Waals surface area contributed by atoms with Crippen LogP contribution < -0.4 is 10.1 Å². The fraction of sp³-hybridized carbons (Fsp3) is 0.273. The first kappa shape index (κ1) is 23.7. The summed E-state index contributed by atoms with van der Waals surface area (Å²) in [6, 6.07) is 9.24. The van der Waals surface area contributed by atoms with Gasteiger partial charge < -0.3 is 10.1 Å². The highest BCUT2D eigenvalue weighted by Gasteiger charge is 2.19. The van der Waals surface area contributed by atoms with Gasteiger partial charge in [0.05, 0.1) is 39.3 Å². The predicted molar refractivity (Wildman–Crippen MR) is 127 cm³/mol. The average molecular weight is 522 g/mol. The summed E-state index contributed by atoms with van der Waals surface area (Å²) in [5.41, 5.74) is 2.62. The largest absolute Gasteiger partial charge is 0.457 e. The number of ether oxygens (including phenoxy) is 1. The molecule has 0 saturated heterocycles. The van der Waals surface area contributed by atoms with E-state index in [-0.39, 0.29) is 23.0 Å². The van der Waals surface area contributed by atoms with Gasteiger partial charge in [0.1, 0.15) is 11.5 Å². The monoisotopic (exact) mass is 520 g/mol. The molecular formula is C22H22BrClN4O4. The van der Waals surface area contributed by atoms with Gasteiger partial charge in [0, 0.05) is 22.8 Å². The number of carbonyl (C=O) groups excluding carboxylic acids is 1. The fourth-order valence-electron chi connectivity index (χ4n) is 3.13. The van der Waals surface area contributed by atoms with E-state index < -0.39 is 10.8 Å². The van der Waals surface area contributed by atoms with E-state index in [0.717, 1.165) is 21.4 Å². The van der Waals surface area contributed by atoms with Crippen LogP contribution in [0.15, 0.2) is 40.9 Å². The summed E-state index contributed by atoms with van der Waals surface area (Å²) in [5, 5.41) is 19.1. The summed E-state index contributed by atoms with van der Waals surface area (Å²) in [4.78, 5) is 23.6. The molecule has 168 valence electrons. The molecule has 3 aromatic rings. The van der Waals surface area contributed by atoms with Crippen LogP contribution in [0.5, 0.6) is 11.5 Å². The maximum Gasteiger partial charge on any atom is 0.275 e. The number of anilines is 1. The van der Waals surface area contributed by atoms with Gasteiger partial charge in [-0.15, -0.1) is 0 Å². The first-order valence-corrected chi connectivity index (χ1v) is 11.0. The summed E-state index contributed by atoms with van der Waals surface area (Å²) in [5.74, 6) is 0.0236. The van der Waals surface area contributed by atoms with Crippen LogP contribution in [0.3, 0.4) is 0 Å². The number of amides is 1. The summed E-state index contributed by atoms with van der Waals surface area (Å²) < 4.78 is 8.50. The molecule has 0 radical (unpaired) electrons. The zero-order valence-corrected chi connectivity index (χ0v) is 20.3. The van der Waals surface area contributed by atoms with Crippen molar-refractivity contribution in [2.75, 3.05) is 5.32 Å². The second kappa shape index (κ2) is 9.70. The molecular weight excluding hydrogens is 500 g/mol. The van der Waals surface area contributed by atoms with Crippen molar-refractivity contribution >= 4 is 44.8 Å². The van der Waals surface area contributed by atoms with Gasteiger partial charge in [0.25, 0.3) is 5.69 Å². The Morgan fingerprint density at radius 1 is 1.28 bits per heavy atom. The number of halogens is 2. The van der Waals surface area contributed by atoms with Gasteiger partial charge in [-0.2, -0.15) is 5.10 Å². The number of nitro groups is 1. The number of nitro benzene ring substituents is 1. The van der Waals surface area contributed by atoms with Crippen molar-refractivity contribution in [2.45, 2.75) is 34.2 Å². The summed E-state index contributed by atoms with van der Waals surface area (Å²) in [6.07, 6.45) is 0. The number of nitrogens with one attached hydrogen (secondary N) is 1. The van der Waals surface area contributed by atoms with Crippen molar-refractivity contribution < 1.29 is 14.5 Å². The van der Waals surface area contributed by atoms with Crippen molar-refractivity contribution in [1.82, 2.24) is 9.78 Å². The number of hydrogen-bond acceptors (Lipinski definition) is 5. The second-order valence-corrected chi connectivity index (χ2v) is 8.77. The van der Waals surface area contributed by atoms with E-state index in [1.54, 1.807) is 35.9 Å². The lowest BCUT2D eigenvalue weighted by Crippen LogP contribution is -2.25. The van der Waals surface area contributed by atoms with E-state index in [1.165, 1.54) is 12.1 Å². The molecule has 1 aromatic heterocycles. The van der Waals surface area contributed by atoms with Gasteiger partial charge in [-0.05, 0) is 60.5 Å². The molecule has 1 heterocycles. The van der Waals surface area contributed by atoms with E-state index in [2.05, 4.69) is 26.3 Å². The molecule has 1 amide bonds. The number of hydrogen-bond donors (Lipinski definition) is 1. The minimum absolute atomic E-state index is 0.195. The Bertz CT molecular complexity index is 1190. The van der Waals surface area contributed by atoms with Gasteiger partial charge in [0.2, 0.25) is 5.91 Å². The minimum atomic E-state index is -0.534. The average Bonchev–Trinajstić information content (AvgIpc) is 2.96. The molecule has 10 heteroatoms. The topological polar surface area (TPSA) is 99.3 Å². The minimum Gasteiger partial charge on any atom is -0.457 e. The zero-order chi connectivity index (χ0) is 23.6. The molecule has 0 fully saturated rings. The van der Waals surface area contributed by atoms with E-state index in [4.69, 9.17) is 16.3 Å². The molecule has 3 rings (SSSR count). The van der Waals surface area contributed by atoms with Crippen LogP contribution in [-0.2, 0) is 11.3 Å². The molecule has 1 N–H and O–H groups in total. The van der Waals surface area contributed by atoms with Gasteiger partial charge >= 0.3 is 0 Å². The van der Waals surface area contributed by atoms with Crippen molar-refractivity contribution in [2.24, 2.45) is 5.92 Å². The maximum absolute atomic E-state index is 12.8. The lowest BCUT2D eigenvalue weighted by molar-refractivity contribution is -0.384. The summed E-state index contributed by atoms with van der Waals surface area (Å²) in [6.45, 7) is 7.75. The van der Waals surface area contributed by atoms with Crippen molar-refractivity contribution in [3.63, 3.8) is 0 Å². The third kappa shape index (κ3) is 5.46. The van der Waals surface area contributed by atoms with Gasteiger partial charge in [0.15, 0.2) is 0 Å². The van der Waals surface area contributed by atoms with Crippen molar-refractivity contribution in [1.29, 1.82) is 0 Å². The van der Waals surface area contributed by atoms with Crippen LogP contribution in [0, 0.1) is 36.8 Å². The van der Waals surface area contributed by atoms with Crippen LogP contribution >= 0.6 is 27.5 Å². The number of rotatable bonds is 7. The number of nitrogens with zero attached hydrogens (tertiary/aromatic N) is 3. The zero-order valence-electron chi connectivity index (χ0n) is 18.0. The number of aryl methyl sites for hydroxylation is 2. The van der Waals surface area contributed by atoms with Crippen LogP contribution in [-0.4, -0.2) is 20.6 Å². The smallest absolute Gasteiger partial charge is 0.275 e. The molecule has 8 nitrogen and oxygen atoms in total. The van der Waals surface area contributed by atoms with Crippen molar-refractivity contribution in [3.05, 3.63) is 73.0 Å². The highest BCUT2D eigenvalue weighted by Crippen LogP contribution is 2.32. The van der Waals surface area contributed by atoms with Crippen LogP contribution in [0.25, 0.3) is 0 Å². The van der Waals surface area contributed by atoms with Gasteiger partial charge in [-0.25, -0.2) is 0 Å². The molecule has 0 spiro atoms. The first-order chi connectivity index (χ1) is 15.0. The molecule has 0 aliphatic carbocycles. The lowest BCUT2D eigenvalue weighted by Gasteiger charge is -2.15. The Balaban J connectivity index is 1.80. The maximum atomic E-state index is 12.8. The van der Waals surface area contributed by atoms with E-state index in [0.29, 0.717) is 17.3 Å². The Morgan fingerprint density at radius 2 is 2.00 bits per heavy atom. The Labute approximate surface area is 198 Å². The predicted octanol–water partition coefficient (Wildman–Crippen LogP) is 6.20. The third-order valence-electron chi connectivity index (χ3n) is 4.92.